The van der Waals surface area contributed by atoms with Crippen molar-refractivity contribution in [3.63, 3.8) is 0 Å². The number of para-hydroxylation sites is 1. The van der Waals surface area contributed by atoms with Gasteiger partial charge in [-0.2, -0.15) is 0 Å². The van der Waals surface area contributed by atoms with Gasteiger partial charge in [0.1, 0.15) is 11.2 Å². The predicted octanol–water partition coefficient (Wildman–Crippen LogP) is 4.95. The molecule has 0 saturated heterocycles. The summed E-state index contributed by atoms with van der Waals surface area (Å²) in [5.74, 6) is 0.363. The number of amides is 1. The maximum absolute atomic E-state index is 14.0. The zero-order chi connectivity index (χ0) is 23.0. The number of carbonyl (C=O) groups excluding carboxylic acids is 1. The van der Waals surface area contributed by atoms with Crippen LogP contribution in [0, 0.1) is 0 Å². The molecule has 1 atom stereocenters. The summed E-state index contributed by atoms with van der Waals surface area (Å²) in [4.78, 5) is 28.0. The summed E-state index contributed by atoms with van der Waals surface area (Å²) < 4.78 is 2.39. The number of aromatic nitrogens is 2. The first kappa shape index (κ1) is 19.6. The summed E-state index contributed by atoms with van der Waals surface area (Å²) in [6.45, 7) is 0. The fourth-order valence-electron chi connectivity index (χ4n) is 5.79. The number of benzene rings is 3. The maximum atomic E-state index is 14.0. The van der Waals surface area contributed by atoms with Gasteiger partial charge in [0.15, 0.2) is 0 Å². The highest BCUT2D eigenvalue weighted by molar-refractivity contribution is 9.10. The molecule has 34 heavy (non-hydrogen) atoms. The van der Waals surface area contributed by atoms with Gasteiger partial charge in [-0.15, -0.1) is 0 Å². The van der Waals surface area contributed by atoms with Crippen molar-refractivity contribution in [2.24, 2.45) is 0 Å². The Bertz CT molecular complexity index is 1620. The summed E-state index contributed by atoms with van der Waals surface area (Å²) in [5.41, 5.74) is 5.40. The molecule has 7 rings (SSSR count). The predicted molar refractivity (Wildman–Crippen MR) is 135 cm³/mol. The molecule has 6 nitrogen and oxygen atoms in total. The van der Waals surface area contributed by atoms with Crippen molar-refractivity contribution < 1.29 is 4.79 Å². The molecule has 1 aliphatic carbocycles. The largest absolute Gasteiger partial charge is 0.340 e. The number of aromatic amines is 1. The quantitative estimate of drug-likeness (QED) is 0.339. The van der Waals surface area contributed by atoms with E-state index in [9.17, 15) is 9.59 Å². The van der Waals surface area contributed by atoms with Gasteiger partial charge in [0, 0.05) is 27.0 Å². The number of anilines is 2. The van der Waals surface area contributed by atoms with Crippen molar-refractivity contribution in [2.75, 3.05) is 10.6 Å². The maximum Gasteiger partial charge on any atom is 0.278 e. The van der Waals surface area contributed by atoms with Gasteiger partial charge < -0.3 is 10.6 Å². The van der Waals surface area contributed by atoms with E-state index in [0.717, 1.165) is 39.0 Å². The lowest BCUT2D eigenvalue weighted by Gasteiger charge is -2.39. The van der Waals surface area contributed by atoms with Gasteiger partial charge >= 0.3 is 0 Å². The van der Waals surface area contributed by atoms with E-state index in [1.165, 1.54) is 10.2 Å². The average Bonchev–Trinajstić information content (AvgIpc) is 3.33. The third-order valence-corrected chi connectivity index (χ3v) is 7.68. The molecule has 3 heterocycles. The van der Waals surface area contributed by atoms with Crippen molar-refractivity contribution in [2.45, 2.75) is 18.3 Å². The molecule has 0 bridgehead atoms. The van der Waals surface area contributed by atoms with Crippen LogP contribution in [0.1, 0.15) is 28.7 Å². The summed E-state index contributed by atoms with van der Waals surface area (Å²) in [5, 5.41) is 9.86. The van der Waals surface area contributed by atoms with Gasteiger partial charge in [0.2, 0.25) is 5.91 Å². The van der Waals surface area contributed by atoms with E-state index in [4.69, 9.17) is 0 Å². The van der Waals surface area contributed by atoms with Crippen LogP contribution in [0.3, 0.4) is 0 Å². The molecule has 0 saturated carbocycles. The first-order valence-corrected chi connectivity index (χ1v) is 12.0. The Balaban J connectivity index is 1.59. The Morgan fingerprint density at radius 3 is 2.53 bits per heavy atom. The Labute approximate surface area is 203 Å². The van der Waals surface area contributed by atoms with Crippen molar-refractivity contribution in [3.8, 4) is 5.69 Å². The minimum atomic E-state index is -1.20. The van der Waals surface area contributed by atoms with Gasteiger partial charge in [-0.05, 0) is 48.2 Å². The lowest BCUT2D eigenvalue weighted by molar-refractivity contribution is -0.118. The van der Waals surface area contributed by atoms with Crippen LogP contribution in [-0.2, 0) is 16.6 Å². The van der Waals surface area contributed by atoms with Crippen LogP contribution in [-0.4, -0.2) is 15.7 Å². The van der Waals surface area contributed by atoms with Crippen LogP contribution in [0.4, 0.5) is 11.5 Å². The third kappa shape index (κ3) is 2.39. The minimum absolute atomic E-state index is 0.188. The van der Waals surface area contributed by atoms with Crippen molar-refractivity contribution in [3.05, 3.63) is 115 Å². The monoisotopic (exact) mass is 510 g/mol. The van der Waals surface area contributed by atoms with Crippen LogP contribution in [0.5, 0.6) is 0 Å². The normalized spacial score (nSPS) is 19.7. The summed E-state index contributed by atoms with van der Waals surface area (Å²) >= 11 is 3.52. The fraction of sp³-hybridized carbons (Fsp3) is 0.111. The highest BCUT2D eigenvalue weighted by Crippen LogP contribution is 2.56. The Hall–Kier alpha value is -3.84. The van der Waals surface area contributed by atoms with E-state index < -0.39 is 5.41 Å². The number of aryl methyl sites for hydroxylation is 1. The van der Waals surface area contributed by atoms with E-state index in [1.54, 1.807) is 0 Å². The number of rotatable bonds is 1. The topological polar surface area (TPSA) is 78.9 Å². The summed E-state index contributed by atoms with van der Waals surface area (Å²) in [6.07, 6.45) is 1.49. The second-order valence-corrected chi connectivity index (χ2v) is 9.78. The smallest absolute Gasteiger partial charge is 0.278 e. The highest BCUT2D eigenvalue weighted by Gasteiger charge is 2.57. The SMILES string of the molecule is O=C1Nc2cc(Br)ccc2C12C1=C(Nc3[nH]n(-c4ccccc4)c(=O)c32)c2ccccc2CC1. The van der Waals surface area contributed by atoms with Crippen molar-refractivity contribution >= 4 is 39.0 Å². The molecule has 0 fully saturated rings. The molecule has 3 N–H and O–H groups in total. The van der Waals surface area contributed by atoms with Gasteiger partial charge in [-0.3, -0.25) is 14.7 Å². The molecule has 1 amide bonds. The highest BCUT2D eigenvalue weighted by atomic mass is 79.9. The number of nitrogens with zero attached hydrogens (tertiary/aromatic N) is 1. The number of carbonyl (C=O) groups is 1. The molecule has 1 aromatic heterocycles. The summed E-state index contributed by atoms with van der Waals surface area (Å²) in [7, 11) is 0. The van der Waals surface area contributed by atoms with Crippen molar-refractivity contribution in [1.82, 2.24) is 9.78 Å². The first-order valence-electron chi connectivity index (χ1n) is 11.2. The Morgan fingerprint density at radius 1 is 0.882 bits per heavy atom. The number of hydrogen-bond acceptors (Lipinski definition) is 3. The zero-order valence-electron chi connectivity index (χ0n) is 18.0. The van der Waals surface area contributed by atoms with Gasteiger partial charge in [0.25, 0.3) is 5.56 Å². The second-order valence-electron chi connectivity index (χ2n) is 8.87. The number of hydrogen-bond donors (Lipinski definition) is 3. The third-order valence-electron chi connectivity index (χ3n) is 7.19. The van der Waals surface area contributed by atoms with Crippen LogP contribution in [0.25, 0.3) is 11.4 Å². The molecule has 3 aromatic carbocycles. The molecule has 2 aliphatic heterocycles. The number of fused-ring (bicyclic) bond motifs is 7. The van der Waals surface area contributed by atoms with Gasteiger partial charge in [-0.25, -0.2) is 4.68 Å². The lowest BCUT2D eigenvalue weighted by Crippen LogP contribution is -2.45. The van der Waals surface area contributed by atoms with Crippen LogP contribution in [0.2, 0.25) is 0 Å². The first-order chi connectivity index (χ1) is 16.6. The molecule has 4 aromatic rings. The zero-order valence-corrected chi connectivity index (χ0v) is 19.6. The van der Waals surface area contributed by atoms with E-state index in [1.807, 2.05) is 60.7 Å². The number of H-pyrrole nitrogens is 1. The molecular weight excluding hydrogens is 492 g/mol. The van der Waals surface area contributed by atoms with E-state index in [2.05, 4.69) is 43.8 Å². The van der Waals surface area contributed by atoms with E-state index in [0.29, 0.717) is 23.5 Å². The van der Waals surface area contributed by atoms with Gasteiger partial charge in [0.05, 0.1) is 11.3 Å². The Morgan fingerprint density at radius 2 is 1.68 bits per heavy atom. The molecule has 7 heteroatoms. The second kappa shape index (κ2) is 6.84. The average molecular weight is 511 g/mol. The fourth-order valence-corrected chi connectivity index (χ4v) is 6.15. The number of halogens is 1. The molecular formula is C27H19BrN4O2. The molecule has 1 spiro atoms. The van der Waals surface area contributed by atoms with Gasteiger partial charge in [-0.1, -0.05) is 64.5 Å². The standard InChI is InChI=1S/C27H19BrN4O2/c28-16-11-13-19-21(14-16)29-26(34)27(19)20-12-10-15-6-4-5-9-18(15)23(20)30-24-22(27)25(33)32(31-24)17-7-2-1-3-8-17/h1-9,11,13-14,30-31H,10,12H2,(H,29,34). The number of nitrogens with one attached hydrogen (secondary N) is 3. The molecule has 3 aliphatic rings. The van der Waals surface area contributed by atoms with Crippen LogP contribution < -0.4 is 16.2 Å². The molecule has 166 valence electrons. The minimum Gasteiger partial charge on any atom is -0.340 e. The van der Waals surface area contributed by atoms with Crippen molar-refractivity contribution in [1.29, 1.82) is 0 Å². The van der Waals surface area contributed by atoms with Crippen LogP contribution >= 0.6 is 15.9 Å². The molecule has 1 unspecified atom stereocenters. The lowest BCUT2D eigenvalue weighted by atomic mass is 9.64. The van der Waals surface area contributed by atoms with E-state index in [-0.39, 0.29) is 11.5 Å². The molecule has 0 radical (unpaired) electrons. The van der Waals surface area contributed by atoms with E-state index >= 15 is 0 Å². The summed E-state index contributed by atoms with van der Waals surface area (Å²) in [6, 6.07) is 23.5. The Kier molecular flexibility index (Phi) is 3.94. The van der Waals surface area contributed by atoms with Crippen LogP contribution in [0.15, 0.2) is 87.6 Å².